The molecule has 11 heavy (non-hydrogen) atoms. The summed E-state index contributed by atoms with van der Waals surface area (Å²) in [6.45, 7) is 0. The van der Waals surface area contributed by atoms with Gasteiger partial charge in [-0.05, 0) is 56.8 Å². The van der Waals surface area contributed by atoms with Crippen LogP contribution < -0.4 is 0 Å². The number of alkyl halides is 2. The van der Waals surface area contributed by atoms with Gasteiger partial charge in [-0.25, -0.2) is 0 Å². The molecule has 0 bridgehead atoms. The van der Waals surface area contributed by atoms with Gasteiger partial charge in [0.25, 0.3) is 0 Å². The zero-order valence-electron chi connectivity index (χ0n) is 5.32. The zero-order valence-corrected chi connectivity index (χ0v) is 13.4. The van der Waals surface area contributed by atoms with Crippen molar-refractivity contribution >= 4 is 83.7 Å². The summed E-state index contributed by atoms with van der Waals surface area (Å²) in [5, 5.41) is 0. The summed E-state index contributed by atoms with van der Waals surface area (Å²) in [7, 11) is 0. The van der Waals surface area contributed by atoms with Crippen LogP contribution in [0.2, 0.25) is 0 Å². The maximum absolute atomic E-state index is 3.55. The first kappa shape index (κ1) is 11.0. The lowest BCUT2D eigenvalue weighted by molar-refractivity contribution is 1.38. The Hall–Kier alpha value is 1.89. The Morgan fingerprint density at radius 3 is 2.36 bits per heavy atom. The fourth-order valence-electron chi connectivity index (χ4n) is 0.689. The molecule has 0 N–H and O–H groups in total. The molecule has 0 aromatic heterocycles. The van der Waals surface area contributed by atoms with Crippen molar-refractivity contribution in [1.29, 1.82) is 0 Å². The van der Waals surface area contributed by atoms with Crippen LogP contribution >= 0.6 is 83.7 Å². The summed E-state index contributed by atoms with van der Waals surface area (Å²) < 4.78 is 3.09. The minimum Gasteiger partial charge on any atom is -0.0721 e. The third kappa shape index (κ3) is 2.94. The fourth-order valence-corrected chi connectivity index (χ4v) is 3.80. The molecule has 1 unspecified atom stereocenters. The van der Waals surface area contributed by atoms with Crippen LogP contribution in [0.3, 0.4) is 0 Å². The van der Waals surface area contributed by atoms with Crippen molar-refractivity contribution in [1.82, 2.24) is 0 Å². The van der Waals surface area contributed by atoms with E-state index in [1.165, 1.54) is 12.7 Å². The van der Waals surface area contributed by atoms with Gasteiger partial charge in [0.1, 0.15) is 0 Å². The average molecular weight is 549 g/mol. The summed E-state index contributed by atoms with van der Waals surface area (Å²) in [6, 6.07) is 6.36. The van der Waals surface area contributed by atoms with E-state index in [1.54, 1.807) is 0 Å². The van der Waals surface area contributed by atoms with E-state index in [1.807, 2.05) is 0 Å². The molecule has 0 radical (unpaired) electrons. The van der Waals surface area contributed by atoms with Gasteiger partial charge in [-0.3, -0.25) is 0 Å². The standard InChI is InChI=1S/C7H4BrI3/c8-7(11)4-2-1-3-5(9)6(4)10/h1-3,7H. The maximum atomic E-state index is 3.55. The topological polar surface area (TPSA) is 0 Å². The molecule has 0 fully saturated rings. The van der Waals surface area contributed by atoms with Crippen molar-refractivity contribution < 1.29 is 0 Å². The molecule has 0 aliphatic rings. The molecule has 0 saturated carbocycles. The highest BCUT2D eigenvalue weighted by Gasteiger charge is 2.08. The van der Waals surface area contributed by atoms with Gasteiger partial charge in [0.2, 0.25) is 0 Å². The molecule has 1 rings (SSSR count). The summed E-state index contributed by atoms with van der Waals surface area (Å²) in [6.07, 6.45) is 0. The van der Waals surface area contributed by atoms with Gasteiger partial charge in [0, 0.05) is 7.14 Å². The van der Waals surface area contributed by atoms with E-state index in [4.69, 9.17) is 0 Å². The maximum Gasteiger partial charge on any atom is 0.0921 e. The van der Waals surface area contributed by atoms with Gasteiger partial charge >= 0.3 is 0 Å². The SMILES string of the molecule is BrC(I)c1cccc(I)c1I. The van der Waals surface area contributed by atoms with Crippen LogP contribution in [0, 0.1) is 7.14 Å². The second-order valence-corrected chi connectivity index (χ2v) is 8.06. The molecule has 0 amide bonds. The monoisotopic (exact) mass is 548 g/mol. The number of hydrogen-bond acceptors (Lipinski definition) is 0. The van der Waals surface area contributed by atoms with Gasteiger partial charge in [-0.1, -0.05) is 50.7 Å². The van der Waals surface area contributed by atoms with Crippen molar-refractivity contribution in [3.63, 3.8) is 0 Å². The number of halogens is 4. The lowest BCUT2D eigenvalue weighted by Crippen LogP contribution is -1.88. The van der Waals surface area contributed by atoms with E-state index in [0.717, 1.165) is 0 Å². The Labute approximate surface area is 115 Å². The smallest absolute Gasteiger partial charge is 0.0721 e. The van der Waals surface area contributed by atoms with Crippen molar-refractivity contribution in [2.24, 2.45) is 0 Å². The molecule has 0 aliphatic heterocycles. The summed E-state index contributed by atoms with van der Waals surface area (Å²) in [4.78, 5) is 0. The van der Waals surface area contributed by atoms with E-state index < -0.39 is 0 Å². The second-order valence-electron chi connectivity index (χ2n) is 1.94. The molecule has 0 aliphatic carbocycles. The highest BCUT2D eigenvalue weighted by atomic mass is 127. The van der Waals surface area contributed by atoms with Crippen LogP contribution in [0.1, 0.15) is 8.40 Å². The van der Waals surface area contributed by atoms with E-state index in [2.05, 4.69) is 102 Å². The summed E-state index contributed by atoms with van der Waals surface area (Å²) in [5.41, 5.74) is 1.36. The van der Waals surface area contributed by atoms with E-state index in [9.17, 15) is 0 Å². The zero-order chi connectivity index (χ0) is 8.43. The Kier molecular flexibility index (Phi) is 4.93. The van der Waals surface area contributed by atoms with E-state index >= 15 is 0 Å². The number of benzene rings is 1. The second kappa shape index (κ2) is 4.94. The number of hydrogen-bond donors (Lipinski definition) is 0. The van der Waals surface area contributed by atoms with Gasteiger partial charge < -0.3 is 0 Å². The first-order valence-electron chi connectivity index (χ1n) is 2.85. The Morgan fingerprint density at radius 1 is 1.27 bits per heavy atom. The van der Waals surface area contributed by atoms with E-state index in [0.29, 0.717) is 2.83 Å². The van der Waals surface area contributed by atoms with E-state index in [-0.39, 0.29) is 0 Å². The van der Waals surface area contributed by atoms with Gasteiger partial charge in [-0.2, -0.15) is 0 Å². The van der Waals surface area contributed by atoms with Gasteiger partial charge in [0.15, 0.2) is 0 Å². The fraction of sp³-hybridized carbons (Fsp3) is 0.143. The Bertz CT molecular complexity index is 260. The molecule has 1 atom stereocenters. The molecule has 0 saturated heterocycles. The molecule has 60 valence electrons. The Balaban J connectivity index is 3.17. The third-order valence-electron chi connectivity index (χ3n) is 1.22. The number of rotatable bonds is 1. The molecular formula is C7H4BrI3. The minimum absolute atomic E-state index is 0.418. The van der Waals surface area contributed by atoms with Gasteiger partial charge in [0.05, 0.1) is 2.83 Å². The predicted octanol–water partition coefficient (Wildman–Crippen LogP) is 4.72. The van der Waals surface area contributed by atoms with Crippen LogP contribution in [-0.2, 0) is 0 Å². The highest BCUT2D eigenvalue weighted by Crippen LogP contribution is 2.34. The Morgan fingerprint density at radius 2 is 1.91 bits per heavy atom. The largest absolute Gasteiger partial charge is 0.0921 e. The van der Waals surface area contributed by atoms with Crippen molar-refractivity contribution in [2.75, 3.05) is 0 Å². The summed E-state index contributed by atoms with van der Waals surface area (Å²) >= 11 is 10.6. The van der Waals surface area contributed by atoms with Gasteiger partial charge in [-0.15, -0.1) is 0 Å². The van der Waals surface area contributed by atoms with Crippen molar-refractivity contribution in [3.05, 3.63) is 30.9 Å². The first-order chi connectivity index (χ1) is 5.13. The third-order valence-corrected chi connectivity index (χ3v) is 5.52. The first-order valence-corrected chi connectivity index (χ1v) is 7.17. The molecule has 0 nitrogen and oxygen atoms in total. The van der Waals surface area contributed by atoms with Crippen LogP contribution in [0.4, 0.5) is 0 Å². The van der Waals surface area contributed by atoms with Crippen molar-refractivity contribution in [2.45, 2.75) is 2.83 Å². The van der Waals surface area contributed by atoms with Crippen LogP contribution in [0.15, 0.2) is 18.2 Å². The van der Waals surface area contributed by atoms with Crippen molar-refractivity contribution in [3.8, 4) is 0 Å². The van der Waals surface area contributed by atoms with Crippen LogP contribution in [0.25, 0.3) is 0 Å². The summed E-state index contributed by atoms with van der Waals surface area (Å²) in [5.74, 6) is 0. The molecule has 1 aromatic rings. The average Bonchev–Trinajstić information content (AvgIpc) is 1.94. The molecule has 1 aromatic carbocycles. The quantitative estimate of drug-likeness (QED) is 0.352. The molecule has 4 heteroatoms. The highest BCUT2D eigenvalue weighted by molar-refractivity contribution is 14.1. The lowest BCUT2D eigenvalue weighted by atomic mass is 10.2. The predicted molar refractivity (Wildman–Crippen MR) is 77.6 cm³/mol. The molecule has 0 heterocycles. The molecular weight excluding hydrogens is 545 g/mol. The van der Waals surface area contributed by atoms with Crippen LogP contribution in [-0.4, -0.2) is 0 Å². The minimum atomic E-state index is 0.418. The van der Waals surface area contributed by atoms with Crippen LogP contribution in [0.5, 0.6) is 0 Å². The molecule has 0 spiro atoms. The lowest BCUT2D eigenvalue weighted by Gasteiger charge is -2.06. The normalized spacial score (nSPS) is 13.1.